The number of benzene rings is 2. The molecule has 71 heavy (non-hydrogen) atoms. The predicted octanol–water partition coefficient (Wildman–Crippen LogP) is 8.47. The van der Waals surface area contributed by atoms with Gasteiger partial charge in [-0.25, -0.2) is 9.97 Å². The van der Waals surface area contributed by atoms with Gasteiger partial charge in [0.1, 0.15) is 23.3 Å². The first kappa shape index (κ1) is 48.4. The van der Waals surface area contributed by atoms with Gasteiger partial charge >= 0.3 is 11.9 Å². The van der Waals surface area contributed by atoms with Crippen molar-refractivity contribution in [2.45, 2.75) is 128 Å². The minimum Gasteiger partial charge on any atom is -0.393 e. The Hall–Kier alpha value is -6.18. The minimum atomic E-state index is -0.481. The zero-order valence-corrected chi connectivity index (χ0v) is 41.6. The number of nitrogens with zero attached hydrogens (tertiary/aromatic N) is 7. The van der Waals surface area contributed by atoms with Crippen molar-refractivity contribution in [3.63, 3.8) is 0 Å². The van der Waals surface area contributed by atoms with Crippen molar-refractivity contribution >= 4 is 52.7 Å². The number of aromatic nitrogens is 2. The molecule has 2 saturated carbocycles. The fourth-order valence-corrected chi connectivity index (χ4v) is 12.1. The molecule has 6 heterocycles. The highest BCUT2D eigenvalue weighted by Gasteiger charge is 2.32. The topological polar surface area (TPSA) is 144 Å². The molecule has 0 spiro atoms. The van der Waals surface area contributed by atoms with E-state index in [9.17, 15) is 19.2 Å². The lowest BCUT2D eigenvalue weighted by Gasteiger charge is -2.38. The lowest BCUT2D eigenvalue weighted by Crippen LogP contribution is -2.48. The number of rotatable bonds is 13. The number of pyridine rings is 2. The van der Waals surface area contributed by atoms with Gasteiger partial charge in [-0.3, -0.25) is 19.2 Å². The SMILES string of the molecule is O=C(C[C@@H]1CCCN(c2ccc(C(=O)NC3CCCCC3)c(N3CCN(c4ccccc4)CC3)n2)C1)OC(=O)C[C@@H]1CCCN(c2ccc(C(=O)NC3CCCCC3)c(N3CCc4ccccc4C3)n2)C1. The third kappa shape index (κ3) is 12.1. The van der Waals surface area contributed by atoms with Gasteiger partial charge in [-0.15, -0.1) is 0 Å². The zero-order chi connectivity index (χ0) is 48.5. The summed E-state index contributed by atoms with van der Waals surface area (Å²) in [6.45, 7) is 7.43. The molecule has 2 aromatic carbocycles. The van der Waals surface area contributed by atoms with E-state index in [2.05, 4.69) is 83.7 Å². The average molecular weight is 964 g/mol. The maximum absolute atomic E-state index is 13.9. The first-order chi connectivity index (χ1) is 34.8. The molecule has 14 nitrogen and oxygen atoms in total. The molecule has 10 rings (SSSR count). The summed E-state index contributed by atoms with van der Waals surface area (Å²) in [5.74, 6) is 1.96. The van der Waals surface area contributed by atoms with Crippen molar-refractivity contribution in [3.05, 3.63) is 101 Å². The number of amides is 2. The predicted molar refractivity (Wildman–Crippen MR) is 279 cm³/mol. The summed E-state index contributed by atoms with van der Waals surface area (Å²) < 4.78 is 5.56. The molecule has 5 fully saturated rings. The summed E-state index contributed by atoms with van der Waals surface area (Å²) in [5.41, 5.74) is 5.02. The molecular weight excluding hydrogens is 891 g/mol. The van der Waals surface area contributed by atoms with Crippen LogP contribution in [0, 0.1) is 11.8 Å². The molecule has 4 aliphatic heterocycles. The third-order valence-corrected chi connectivity index (χ3v) is 16.0. The monoisotopic (exact) mass is 964 g/mol. The Morgan fingerprint density at radius 3 is 1.52 bits per heavy atom. The highest BCUT2D eigenvalue weighted by atomic mass is 16.6. The van der Waals surface area contributed by atoms with Crippen LogP contribution >= 0.6 is 0 Å². The van der Waals surface area contributed by atoms with Crippen LogP contribution in [-0.4, -0.2) is 105 Å². The number of hydrogen-bond donors (Lipinski definition) is 2. The van der Waals surface area contributed by atoms with Gasteiger partial charge in [0.2, 0.25) is 0 Å². The number of carbonyl (C=O) groups is 4. The number of hydrogen-bond acceptors (Lipinski definition) is 12. The summed E-state index contributed by atoms with van der Waals surface area (Å²) in [5, 5.41) is 6.66. The third-order valence-electron chi connectivity index (χ3n) is 16.0. The van der Waals surface area contributed by atoms with Gasteiger partial charge in [-0.1, -0.05) is 81.0 Å². The summed E-state index contributed by atoms with van der Waals surface area (Å²) in [6.07, 6.45) is 15.7. The maximum atomic E-state index is 13.9. The molecule has 2 amide bonds. The number of para-hydroxylation sites is 1. The van der Waals surface area contributed by atoms with Crippen LogP contribution in [0.3, 0.4) is 0 Å². The van der Waals surface area contributed by atoms with Gasteiger partial charge in [0.25, 0.3) is 11.8 Å². The fourth-order valence-electron chi connectivity index (χ4n) is 12.1. The molecule has 376 valence electrons. The number of piperazine rings is 1. The number of fused-ring (bicyclic) bond motifs is 1. The van der Waals surface area contributed by atoms with Crippen molar-refractivity contribution in [2.24, 2.45) is 11.8 Å². The standard InChI is InChI=1S/C57H73N9O5/c67-52(36-41-14-12-29-64(38-41)50-26-24-48(56(69)58-45-18-4-1-5-19-45)54(60-50)63-34-32-62(33-35-63)47-22-8-3-9-23-47)71-53(68)37-42-15-13-30-65(39-42)51-27-25-49(57(70)59-46-20-6-2-7-21-46)55(61-51)66-31-28-43-16-10-11-17-44(43)40-66/h3,8-11,16-17,22-27,41-42,45-46H,1-2,4-7,12-15,18-21,28-40H2,(H,58,69)(H,59,70)/t41-,42-/m0/s1. The van der Waals surface area contributed by atoms with E-state index >= 15 is 0 Å². The van der Waals surface area contributed by atoms with Crippen molar-refractivity contribution in [1.29, 1.82) is 0 Å². The molecule has 2 atom stereocenters. The van der Waals surface area contributed by atoms with Crippen molar-refractivity contribution in [1.82, 2.24) is 20.6 Å². The summed E-state index contributed by atoms with van der Waals surface area (Å²) >= 11 is 0. The van der Waals surface area contributed by atoms with Crippen LogP contribution in [0.1, 0.15) is 135 Å². The van der Waals surface area contributed by atoms with Crippen molar-refractivity contribution in [2.75, 3.05) is 83.4 Å². The van der Waals surface area contributed by atoms with E-state index in [1.807, 2.05) is 30.3 Å². The fraction of sp³-hybridized carbons (Fsp3) is 0.544. The van der Waals surface area contributed by atoms with E-state index in [-0.39, 0.29) is 48.6 Å². The lowest BCUT2D eigenvalue weighted by molar-refractivity contribution is -0.161. The van der Waals surface area contributed by atoms with Gasteiger partial charge in [0.05, 0.1) is 24.0 Å². The maximum Gasteiger partial charge on any atom is 0.313 e. The second-order valence-electron chi connectivity index (χ2n) is 21.1. The normalized spacial score (nSPS) is 21.3. The van der Waals surface area contributed by atoms with Gasteiger partial charge in [-0.05, 0) is 117 Å². The van der Waals surface area contributed by atoms with Gasteiger partial charge < -0.3 is 39.9 Å². The van der Waals surface area contributed by atoms with Crippen LogP contribution in [0.25, 0.3) is 0 Å². The number of nitrogens with one attached hydrogen (secondary N) is 2. The Morgan fingerprint density at radius 1 is 0.479 bits per heavy atom. The smallest absolute Gasteiger partial charge is 0.313 e. The molecule has 0 unspecified atom stereocenters. The Kier molecular flexibility index (Phi) is 15.6. The van der Waals surface area contributed by atoms with Gasteiger partial charge in [0, 0.05) is 83.2 Å². The molecule has 2 N–H and O–H groups in total. The van der Waals surface area contributed by atoms with Crippen LogP contribution in [0.15, 0.2) is 78.9 Å². The van der Waals surface area contributed by atoms with Gasteiger partial charge in [-0.2, -0.15) is 0 Å². The summed E-state index contributed by atoms with van der Waals surface area (Å²) in [6, 6.07) is 27.2. The largest absolute Gasteiger partial charge is 0.393 e. The first-order valence-corrected chi connectivity index (χ1v) is 27.0. The summed E-state index contributed by atoms with van der Waals surface area (Å²) in [4.78, 5) is 76.5. The van der Waals surface area contributed by atoms with Crippen LogP contribution in [0.5, 0.6) is 0 Å². The molecule has 14 heteroatoms. The Labute approximate surface area is 419 Å². The van der Waals surface area contributed by atoms with Crippen LogP contribution in [0.2, 0.25) is 0 Å². The second kappa shape index (κ2) is 22.9. The molecule has 4 aromatic rings. The number of ether oxygens (including phenoxy) is 1. The van der Waals surface area contributed by atoms with E-state index in [0.29, 0.717) is 36.6 Å². The van der Waals surface area contributed by atoms with Crippen molar-refractivity contribution < 1.29 is 23.9 Å². The highest BCUT2D eigenvalue weighted by molar-refractivity contribution is 6.00. The number of carbonyl (C=O) groups excluding carboxylic acids is 4. The van der Waals surface area contributed by atoms with Crippen LogP contribution in [0.4, 0.5) is 29.0 Å². The Balaban J connectivity index is 0.758. The first-order valence-electron chi connectivity index (χ1n) is 27.0. The van der Waals surface area contributed by atoms with E-state index in [1.165, 1.54) is 29.7 Å². The number of anilines is 5. The van der Waals surface area contributed by atoms with Crippen LogP contribution < -0.4 is 35.1 Å². The molecule has 0 radical (unpaired) electrons. The van der Waals surface area contributed by atoms with E-state index < -0.39 is 11.9 Å². The zero-order valence-electron chi connectivity index (χ0n) is 41.6. The summed E-state index contributed by atoms with van der Waals surface area (Å²) in [7, 11) is 0. The van der Waals surface area contributed by atoms with Gasteiger partial charge in [0.15, 0.2) is 0 Å². The number of piperidine rings is 2. The van der Waals surface area contributed by atoms with E-state index in [0.717, 1.165) is 147 Å². The van der Waals surface area contributed by atoms with Crippen LogP contribution in [-0.2, 0) is 27.3 Å². The Morgan fingerprint density at radius 2 is 0.972 bits per heavy atom. The second-order valence-corrected chi connectivity index (χ2v) is 21.1. The molecule has 2 aliphatic carbocycles. The van der Waals surface area contributed by atoms with E-state index in [4.69, 9.17) is 14.7 Å². The molecule has 3 saturated heterocycles. The average Bonchev–Trinajstić information content (AvgIpc) is 3.41. The minimum absolute atomic E-state index is 0.00420. The number of esters is 2. The Bertz CT molecular complexity index is 2480. The van der Waals surface area contributed by atoms with E-state index in [1.54, 1.807) is 0 Å². The molecular formula is C57H73N9O5. The molecule has 0 bridgehead atoms. The van der Waals surface area contributed by atoms with Crippen molar-refractivity contribution in [3.8, 4) is 0 Å². The molecule has 2 aromatic heterocycles. The molecule has 6 aliphatic rings. The lowest BCUT2D eigenvalue weighted by atomic mass is 9.94. The quantitative estimate of drug-likeness (QED) is 0.0981. The highest BCUT2D eigenvalue weighted by Crippen LogP contribution is 2.33.